The van der Waals surface area contributed by atoms with Gasteiger partial charge in [0, 0.05) is 0 Å². The van der Waals surface area contributed by atoms with Gasteiger partial charge >= 0.3 is 0 Å². The van der Waals surface area contributed by atoms with Crippen LogP contribution in [0.15, 0.2) is 52.7 Å². The van der Waals surface area contributed by atoms with Crippen LogP contribution >= 0.6 is 0 Å². The van der Waals surface area contributed by atoms with Gasteiger partial charge in [-0.1, -0.05) is 32.0 Å². The molecule has 1 N–H and O–H groups in total. The Labute approximate surface area is 113 Å². The molecule has 2 rings (SSSR count). The van der Waals surface area contributed by atoms with E-state index in [1.54, 1.807) is 12.1 Å². The SMILES string of the molecule is Cc1ccc(/N=N\c2ccc(C(C)C)cc2)c(O)c1. The van der Waals surface area contributed by atoms with E-state index in [0.29, 0.717) is 11.6 Å². The van der Waals surface area contributed by atoms with Gasteiger partial charge in [0.25, 0.3) is 0 Å². The van der Waals surface area contributed by atoms with Crippen LogP contribution in [-0.2, 0) is 0 Å². The van der Waals surface area contributed by atoms with Crippen LogP contribution in [0.1, 0.15) is 30.9 Å². The van der Waals surface area contributed by atoms with Gasteiger partial charge in [-0.25, -0.2) is 0 Å². The molecular formula is C16H18N2O. The molecule has 0 aliphatic heterocycles. The lowest BCUT2D eigenvalue weighted by atomic mass is 10.0. The molecule has 0 spiro atoms. The molecule has 2 aromatic carbocycles. The zero-order valence-electron chi connectivity index (χ0n) is 11.5. The van der Waals surface area contributed by atoms with E-state index in [-0.39, 0.29) is 5.75 Å². The monoisotopic (exact) mass is 254 g/mol. The summed E-state index contributed by atoms with van der Waals surface area (Å²) >= 11 is 0. The second kappa shape index (κ2) is 5.65. The molecule has 0 aromatic heterocycles. The van der Waals surface area contributed by atoms with Gasteiger partial charge in [0.15, 0.2) is 0 Å². The number of phenols is 1. The van der Waals surface area contributed by atoms with Crippen molar-refractivity contribution in [1.29, 1.82) is 0 Å². The lowest BCUT2D eigenvalue weighted by Gasteiger charge is -2.04. The number of phenolic OH excluding ortho intramolecular Hbond substituents is 1. The molecule has 0 saturated carbocycles. The summed E-state index contributed by atoms with van der Waals surface area (Å²) in [6.45, 7) is 6.23. The summed E-state index contributed by atoms with van der Waals surface area (Å²) in [5.41, 5.74) is 3.54. The first-order chi connectivity index (χ1) is 9.06. The molecule has 0 unspecified atom stereocenters. The van der Waals surface area contributed by atoms with Crippen molar-refractivity contribution in [1.82, 2.24) is 0 Å². The summed E-state index contributed by atoms with van der Waals surface area (Å²) in [5, 5.41) is 17.9. The maximum Gasteiger partial charge on any atom is 0.143 e. The normalized spacial score (nSPS) is 11.4. The topological polar surface area (TPSA) is 45.0 Å². The lowest BCUT2D eigenvalue weighted by molar-refractivity contribution is 0.476. The minimum atomic E-state index is 0.155. The fourth-order valence-corrected chi connectivity index (χ4v) is 1.76. The van der Waals surface area contributed by atoms with Crippen molar-refractivity contribution in [3.63, 3.8) is 0 Å². The van der Waals surface area contributed by atoms with E-state index in [0.717, 1.165) is 11.3 Å². The quantitative estimate of drug-likeness (QED) is 0.748. The molecule has 0 heterocycles. The number of nitrogens with zero attached hydrogens (tertiary/aromatic N) is 2. The third kappa shape index (κ3) is 3.41. The number of hydrogen-bond donors (Lipinski definition) is 1. The first-order valence-corrected chi connectivity index (χ1v) is 6.37. The Morgan fingerprint density at radius 3 is 2.21 bits per heavy atom. The molecule has 3 nitrogen and oxygen atoms in total. The third-order valence-electron chi connectivity index (χ3n) is 2.96. The molecule has 0 amide bonds. The van der Waals surface area contributed by atoms with Gasteiger partial charge in [-0.15, -0.1) is 5.11 Å². The zero-order chi connectivity index (χ0) is 13.8. The van der Waals surface area contributed by atoms with Crippen molar-refractivity contribution in [3.8, 4) is 5.75 Å². The van der Waals surface area contributed by atoms with Crippen LogP contribution in [0.5, 0.6) is 5.75 Å². The molecular weight excluding hydrogens is 236 g/mol. The van der Waals surface area contributed by atoms with Crippen LogP contribution in [-0.4, -0.2) is 5.11 Å². The van der Waals surface area contributed by atoms with Crippen molar-refractivity contribution in [2.45, 2.75) is 26.7 Å². The molecule has 0 fully saturated rings. The predicted molar refractivity (Wildman–Crippen MR) is 77.6 cm³/mol. The lowest BCUT2D eigenvalue weighted by Crippen LogP contribution is -1.84. The minimum absolute atomic E-state index is 0.155. The Hall–Kier alpha value is -2.16. The summed E-state index contributed by atoms with van der Waals surface area (Å²) in [5.74, 6) is 0.662. The Balaban J connectivity index is 2.18. The smallest absolute Gasteiger partial charge is 0.143 e. The van der Waals surface area contributed by atoms with Gasteiger partial charge < -0.3 is 5.11 Å². The van der Waals surface area contributed by atoms with Gasteiger partial charge in [-0.05, 0) is 48.2 Å². The molecule has 0 bridgehead atoms. The van der Waals surface area contributed by atoms with Gasteiger partial charge in [0.05, 0.1) is 5.69 Å². The molecule has 98 valence electrons. The highest BCUT2D eigenvalue weighted by atomic mass is 16.3. The second-order valence-electron chi connectivity index (χ2n) is 4.94. The van der Waals surface area contributed by atoms with E-state index < -0.39 is 0 Å². The average Bonchev–Trinajstić information content (AvgIpc) is 2.38. The summed E-state index contributed by atoms with van der Waals surface area (Å²) in [6, 6.07) is 13.3. The number of aromatic hydroxyl groups is 1. The Morgan fingerprint density at radius 1 is 0.947 bits per heavy atom. The molecule has 19 heavy (non-hydrogen) atoms. The molecule has 0 saturated heterocycles. The average molecular weight is 254 g/mol. The van der Waals surface area contributed by atoms with E-state index >= 15 is 0 Å². The van der Waals surface area contributed by atoms with Crippen LogP contribution in [0.2, 0.25) is 0 Å². The number of hydrogen-bond acceptors (Lipinski definition) is 3. The highest BCUT2D eigenvalue weighted by Crippen LogP contribution is 2.29. The van der Waals surface area contributed by atoms with Gasteiger partial charge in [0.2, 0.25) is 0 Å². The van der Waals surface area contributed by atoms with E-state index in [2.05, 4.69) is 24.1 Å². The van der Waals surface area contributed by atoms with Crippen LogP contribution in [0.3, 0.4) is 0 Å². The van der Waals surface area contributed by atoms with E-state index in [1.165, 1.54) is 5.56 Å². The largest absolute Gasteiger partial charge is 0.506 e. The molecule has 2 aromatic rings. The van der Waals surface area contributed by atoms with Crippen LogP contribution in [0.25, 0.3) is 0 Å². The minimum Gasteiger partial charge on any atom is -0.506 e. The van der Waals surface area contributed by atoms with Gasteiger partial charge in [-0.3, -0.25) is 0 Å². The van der Waals surface area contributed by atoms with Crippen molar-refractivity contribution >= 4 is 11.4 Å². The molecule has 0 aliphatic carbocycles. The Bertz CT molecular complexity index is 586. The fourth-order valence-electron chi connectivity index (χ4n) is 1.76. The van der Waals surface area contributed by atoms with Crippen LogP contribution in [0, 0.1) is 6.92 Å². The second-order valence-corrected chi connectivity index (χ2v) is 4.94. The number of azo groups is 1. The molecule has 0 radical (unpaired) electrons. The maximum absolute atomic E-state index is 9.73. The summed E-state index contributed by atoms with van der Waals surface area (Å²) < 4.78 is 0. The standard InChI is InChI=1S/C16H18N2O/c1-11(2)13-5-7-14(8-6-13)17-18-15-9-4-12(3)10-16(15)19/h4-11,19H,1-3H3/b18-17-. The van der Waals surface area contributed by atoms with Crippen molar-refractivity contribution < 1.29 is 5.11 Å². The number of rotatable bonds is 3. The van der Waals surface area contributed by atoms with Crippen LogP contribution < -0.4 is 0 Å². The highest BCUT2D eigenvalue weighted by molar-refractivity contribution is 5.52. The first kappa shape index (κ1) is 13.3. The predicted octanol–water partition coefficient (Wildman–Crippen LogP) is 5.24. The van der Waals surface area contributed by atoms with Crippen molar-refractivity contribution in [2.24, 2.45) is 10.2 Å². The maximum atomic E-state index is 9.73. The molecule has 0 atom stereocenters. The number of benzene rings is 2. The first-order valence-electron chi connectivity index (χ1n) is 6.37. The van der Waals surface area contributed by atoms with E-state index in [9.17, 15) is 5.11 Å². The number of aryl methyl sites for hydroxylation is 1. The summed E-state index contributed by atoms with van der Waals surface area (Å²) in [7, 11) is 0. The zero-order valence-corrected chi connectivity index (χ0v) is 11.5. The Kier molecular flexibility index (Phi) is 3.95. The van der Waals surface area contributed by atoms with Gasteiger partial charge in [0.1, 0.15) is 11.4 Å². The van der Waals surface area contributed by atoms with Crippen molar-refractivity contribution in [3.05, 3.63) is 53.6 Å². The highest BCUT2D eigenvalue weighted by Gasteiger charge is 2.00. The third-order valence-corrected chi connectivity index (χ3v) is 2.96. The molecule has 3 heteroatoms. The fraction of sp³-hybridized carbons (Fsp3) is 0.250. The summed E-state index contributed by atoms with van der Waals surface area (Å²) in [6.07, 6.45) is 0. The van der Waals surface area contributed by atoms with E-state index in [1.807, 2.05) is 37.3 Å². The van der Waals surface area contributed by atoms with Crippen LogP contribution in [0.4, 0.5) is 11.4 Å². The van der Waals surface area contributed by atoms with Gasteiger partial charge in [-0.2, -0.15) is 5.11 Å². The van der Waals surface area contributed by atoms with Crippen molar-refractivity contribution in [2.75, 3.05) is 0 Å². The Morgan fingerprint density at radius 2 is 1.63 bits per heavy atom. The van der Waals surface area contributed by atoms with E-state index in [4.69, 9.17) is 0 Å². The summed E-state index contributed by atoms with van der Waals surface area (Å²) in [4.78, 5) is 0. The molecule has 0 aliphatic rings.